The number of carbonyl (C=O) groups excluding carboxylic acids is 1. The molecule has 3 aromatic rings. The lowest BCUT2D eigenvalue weighted by molar-refractivity contribution is -0.383. The Morgan fingerprint density at radius 3 is 2.69 bits per heavy atom. The maximum Gasteiger partial charge on any atom is 0.416 e. The fourth-order valence-corrected chi connectivity index (χ4v) is 3.29. The molecule has 0 unspecified atom stereocenters. The molecule has 0 aliphatic heterocycles. The molecule has 0 fully saturated rings. The predicted octanol–water partition coefficient (Wildman–Crippen LogP) is 4.05. The molecule has 0 radical (unpaired) electrons. The van der Waals surface area contributed by atoms with Gasteiger partial charge in [0, 0.05) is 13.1 Å². The summed E-state index contributed by atoms with van der Waals surface area (Å²) in [5.41, 5.74) is -0.969. The molecule has 0 atom stereocenters. The van der Waals surface area contributed by atoms with Gasteiger partial charge in [-0.05, 0) is 24.3 Å². The Morgan fingerprint density at radius 1 is 1.22 bits per heavy atom. The summed E-state index contributed by atoms with van der Waals surface area (Å²) in [5.74, 6) is -0.203. The van der Waals surface area contributed by atoms with Crippen molar-refractivity contribution in [2.24, 2.45) is 7.05 Å². The molecule has 0 spiro atoms. The highest BCUT2D eigenvalue weighted by atomic mass is 32.2. The van der Waals surface area contributed by atoms with Gasteiger partial charge in [-0.1, -0.05) is 30.0 Å². The second-order valence-corrected chi connectivity index (χ2v) is 7.33. The highest BCUT2D eigenvalue weighted by Crippen LogP contribution is 2.31. The second kappa shape index (κ2) is 9.68. The van der Waals surface area contributed by atoms with Crippen LogP contribution in [0.4, 0.5) is 24.5 Å². The summed E-state index contributed by atoms with van der Waals surface area (Å²) in [7, 11) is 1.62. The monoisotopic (exact) mass is 467 g/mol. The first-order chi connectivity index (χ1) is 15.1. The third kappa shape index (κ3) is 5.75. The van der Waals surface area contributed by atoms with E-state index >= 15 is 0 Å². The average molecular weight is 467 g/mol. The Morgan fingerprint density at radius 2 is 1.97 bits per heavy atom. The number of hydrogen-bond acceptors (Lipinski definition) is 7. The molecule has 3 rings (SSSR count). The van der Waals surface area contributed by atoms with Crippen molar-refractivity contribution in [2.45, 2.75) is 17.9 Å². The molecule has 1 N–H and O–H groups in total. The van der Waals surface area contributed by atoms with Gasteiger partial charge in [-0.3, -0.25) is 14.9 Å². The number of para-hydroxylation sites is 2. The number of nitro benzene ring substituents is 1. The van der Waals surface area contributed by atoms with Crippen LogP contribution >= 0.6 is 11.8 Å². The van der Waals surface area contributed by atoms with Crippen molar-refractivity contribution >= 4 is 29.0 Å². The molecule has 9 nitrogen and oxygen atoms in total. The smallest absolute Gasteiger partial charge is 0.416 e. The molecule has 0 saturated carbocycles. The Hall–Kier alpha value is -3.61. The molecular weight excluding hydrogens is 451 g/mol. The topological polar surface area (TPSA) is 112 Å². The predicted molar refractivity (Wildman–Crippen MR) is 109 cm³/mol. The van der Waals surface area contributed by atoms with E-state index in [9.17, 15) is 28.1 Å². The van der Waals surface area contributed by atoms with E-state index in [2.05, 4.69) is 15.5 Å². The van der Waals surface area contributed by atoms with Crippen molar-refractivity contribution in [1.29, 1.82) is 0 Å². The number of nitro groups is 1. The fraction of sp³-hybridized carbons (Fsp3) is 0.211. The zero-order chi connectivity index (χ0) is 23.3. The molecule has 1 heterocycles. The van der Waals surface area contributed by atoms with Gasteiger partial charge in [0.2, 0.25) is 5.91 Å². The highest BCUT2D eigenvalue weighted by Gasteiger charge is 2.30. The number of carbonyl (C=O) groups is 1. The number of hydrogen-bond donors (Lipinski definition) is 1. The number of anilines is 1. The van der Waals surface area contributed by atoms with Crippen molar-refractivity contribution < 1.29 is 27.6 Å². The molecular formula is C19H16F3N5O4S. The van der Waals surface area contributed by atoms with Crippen molar-refractivity contribution in [3.63, 3.8) is 0 Å². The molecule has 2 aromatic carbocycles. The Balaban J connectivity index is 1.57. The number of benzene rings is 2. The normalized spacial score (nSPS) is 11.2. The van der Waals surface area contributed by atoms with Crippen molar-refractivity contribution in [3.05, 3.63) is 70.0 Å². The van der Waals surface area contributed by atoms with E-state index in [1.807, 2.05) is 0 Å². The van der Waals surface area contributed by atoms with Crippen LogP contribution in [0, 0.1) is 10.1 Å². The number of thioether (sulfide) groups is 1. The molecule has 168 valence electrons. The molecule has 32 heavy (non-hydrogen) atoms. The van der Waals surface area contributed by atoms with Crippen LogP contribution in [-0.4, -0.2) is 31.3 Å². The second-order valence-electron chi connectivity index (χ2n) is 6.38. The summed E-state index contributed by atoms with van der Waals surface area (Å²) >= 11 is 1.04. The molecule has 1 aromatic heterocycles. The van der Waals surface area contributed by atoms with Gasteiger partial charge in [0.1, 0.15) is 18.0 Å². The van der Waals surface area contributed by atoms with E-state index in [-0.39, 0.29) is 29.5 Å². The van der Waals surface area contributed by atoms with E-state index < -0.39 is 22.6 Å². The lowest BCUT2D eigenvalue weighted by atomic mass is 10.2. The number of rotatable bonds is 8. The van der Waals surface area contributed by atoms with E-state index in [4.69, 9.17) is 4.74 Å². The van der Waals surface area contributed by atoms with Gasteiger partial charge in [-0.2, -0.15) is 13.2 Å². The number of aromatic nitrogens is 3. The van der Waals surface area contributed by atoms with E-state index in [0.29, 0.717) is 11.0 Å². The lowest BCUT2D eigenvalue weighted by Gasteiger charge is -2.10. The number of nitrogens with zero attached hydrogens (tertiary/aromatic N) is 4. The van der Waals surface area contributed by atoms with Crippen LogP contribution in [0.3, 0.4) is 0 Å². The van der Waals surface area contributed by atoms with Gasteiger partial charge < -0.3 is 14.6 Å². The van der Waals surface area contributed by atoms with Crippen molar-refractivity contribution in [2.75, 3.05) is 11.1 Å². The number of nitrogens with one attached hydrogen (secondary N) is 1. The van der Waals surface area contributed by atoms with Crippen LogP contribution < -0.4 is 10.1 Å². The maximum absolute atomic E-state index is 12.8. The summed E-state index contributed by atoms with van der Waals surface area (Å²) in [4.78, 5) is 22.6. The highest BCUT2D eigenvalue weighted by molar-refractivity contribution is 7.99. The van der Waals surface area contributed by atoms with E-state index in [1.54, 1.807) is 13.1 Å². The third-order valence-corrected chi connectivity index (χ3v) is 5.18. The van der Waals surface area contributed by atoms with Gasteiger partial charge in [-0.15, -0.1) is 10.2 Å². The first-order valence-electron chi connectivity index (χ1n) is 8.99. The largest absolute Gasteiger partial charge is 0.486 e. The maximum atomic E-state index is 12.8. The summed E-state index contributed by atoms with van der Waals surface area (Å²) in [6, 6.07) is 10.2. The lowest BCUT2D eigenvalue weighted by Crippen LogP contribution is -2.15. The molecule has 0 saturated heterocycles. The minimum absolute atomic E-state index is 0.0286. The minimum atomic E-state index is -4.48. The van der Waals surface area contributed by atoms with Crippen LogP contribution in [0.1, 0.15) is 11.4 Å². The first kappa shape index (κ1) is 23.1. The van der Waals surface area contributed by atoms with Crippen molar-refractivity contribution in [3.8, 4) is 5.75 Å². The fourth-order valence-electron chi connectivity index (χ4n) is 2.56. The standard InChI is InChI=1S/C19H16F3N5O4S/c1-26-16(10-31-13-6-4-5-12(9-13)19(20,21)22)24-25-18(26)32-11-17(28)23-14-7-2-3-8-15(14)27(29)30/h2-9H,10-11H2,1H3,(H,23,28). The summed E-state index contributed by atoms with van der Waals surface area (Å²) < 4.78 is 45.3. The molecule has 13 heteroatoms. The van der Waals surface area contributed by atoms with Crippen LogP contribution in [0.25, 0.3) is 0 Å². The van der Waals surface area contributed by atoms with Crippen molar-refractivity contribution in [1.82, 2.24) is 14.8 Å². The minimum Gasteiger partial charge on any atom is -0.486 e. The Bertz CT molecular complexity index is 1140. The average Bonchev–Trinajstić information content (AvgIpc) is 3.10. The van der Waals surface area contributed by atoms with Gasteiger partial charge in [0.05, 0.1) is 16.2 Å². The van der Waals surface area contributed by atoms with E-state index in [1.165, 1.54) is 34.9 Å². The summed E-state index contributed by atoms with van der Waals surface area (Å²) in [5, 5.41) is 21.7. The quantitative estimate of drug-likeness (QED) is 0.302. The number of halogens is 3. The SMILES string of the molecule is Cn1c(COc2cccc(C(F)(F)F)c2)nnc1SCC(=O)Nc1ccccc1[N+](=O)[O-]. The molecule has 0 aliphatic rings. The van der Waals surface area contributed by atoms with Crippen LogP contribution in [0.15, 0.2) is 53.7 Å². The van der Waals surface area contributed by atoms with Gasteiger partial charge in [0.15, 0.2) is 11.0 Å². The number of alkyl halides is 3. The van der Waals surface area contributed by atoms with Gasteiger partial charge in [-0.25, -0.2) is 0 Å². The van der Waals surface area contributed by atoms with E-state index in [0.717, 1.165) is 23.9 Å². The summed E-state index contributed by atoms with van der Waals surface area (Å²) in [6.45, 7) is -0.131. The zero-order valence-electron chi connectivity index (χ0n) is 16.5. The number of amides is 1. The Labute approximate surface area is 183 Å². The molecule has 0 bridgehead atoms. The van der Waals surface area contributed by atoms with Gasteiger partial charge in [0.25, 0.3) is 5.69 Å². The molecule has 0 aliphatic carbocycles. The Kier molecular flexibility index (Phi) is 6.98. The third-order valence-electron chi connectivity index (χ3n) is 4.16. The van der Waals surface area contributed by atoms with Crippen LogP contribution in [0.5, 0.6) is 5.75 Å². The first-order valence-corrected chi connectivity index (χ1v) is 9.98. The zero-order valence-corrected chi connectivity index (χ0v) is 17.3. The number of ether oxygens (including phenoxy) is 1. The molecule has 1 amide bonds. The van der Waals surface area contributed by atoms with Crippen LogP contribution in [0.2, 0.25) is 0 Å². The van der Waals surface area contributed by atoms with Crippen LogP contribution in [-0.2, 0) is 24.6 Å². The van der Waals surface area contributed by atoms with Gasteiger partial charge >= 0.3 is 6.18 Å². The summed E-state index contributed by atoms with van der Waals surface area (Å²) in [6.07, 6.45) is -4.48.